The zero-order valence-corrected chi connectivity index (χ0v) is 14.0. The molecule has 0 fully saturated rings. The molecule has 2 aromatic heterocycles. The van der Waals surface area contributed by atoms with Crippen LogP contribution >= 0.6 is 23.1 Å². The van der Waals surface area contributed by atoms with E-state index in [-0.39, 0.29) is 16.8 Å². The molecular weight excluding hydrogens is 336 g/mol. The topological polar surface area (TPSA) is 116 Å². The Labute approximate surface area is 139 Å². The van der Waals surface area contributed by atoms with Gasteiger partial charge in [0.1, 0.15) is 0 Å². The fourth-order valence-electron chi connectivity index (χ4n) is 1.92. The monoisotopic (exact) mass is 350 g/mol. The highest BCUT2D eigenvalue weighted by atomic mass is 32.2. The number of thioether (sulfide) groups is 1. The molecular formula is C13H14N6O2S2. The lowest BCUT2D eigenvalue weighted by Crippen LogP contribution is -2.22. The molecule has 0 aliphatic heterocycles. The molecule has 0 aliphatic carbocycles. The lowest BCUT2D eigenvalue weighted by Gasteiger charge is -2.10. The van der Waals surface area contributed by atoms with Crippen molar-refractivity contribution in [2.75, 3.05) is 17.7 Å². The highest BCUT2D eigenvalue weighted by molar-refractivity contribution is 8.02. The van der Waals surface area contributed by atoms with Crippen molar-refractivity contribution < 1.29 is 4.79 Å². The maximum Gasteiger partial charge on any atom is 0.323 e. The minimum absolute atomic E-state index is 0.145. The molecule has 0 saturated carbocycles. The number of imidazole rings is 1. The van der Waals surface area contributed by atoms with Crippen LogP contribution < -0.4 is 16.3 Å². The van der Waals surface area contributed by atoms with Crippen LogP contribution in [0, 0.1) is 0 Å². The summed E-state index contributed by atoms with van der Waals surface area (Å²) in [6, 6.07) is 5.20. The number of hydrogen-bond acceptors (Lipinski definition) is 7. The fourth-order valence-corrected chi connectivity index (χ4v) is 3.77. The largest absolute Gasteiger partial charge is 0.363 e. The first-order valence-electron chi connectivity index (χ1n) is 6.76. The molecule has 1 amide bonds. The van der Waals surface area contributed by atoms with E-state index >= 15 is 0 Å². The molecule has 120 valence electrons. The Morgan fingerprint density at radius 1 is 1.30 bits per heavy atom. The number of benzene rings is 1. The second-order valence-electron chi connectivity index (χ2n) is 4.71. The van der Waals surface area contributed by atoms with Crippen LogP contribution in [0.15, 0.2) is 27.3 Å². The second-order valence-corrected chi connectivity index (χ2v) is 7.28. The van der Waals surface area contributed by atoms with Gasteiger partial charge in [-0.2, -0.15) is 0 Å². The van der Waals surface area contributed by atoms with Crippen LogP contribution in [0.4, 0.5) is 10.8 Å². The Bertz CT molecular complexity index is 899. The number of hydrogen-bond donors (Lipinski definition) is 4. The maximum absolute atomic E-state index is 12.3. The number of anilines is 2. The number of carbonyl (C=O) groups excluding carboxylic acids is 1. The number of carbonyl (C=O) groups is 1. The number of fused-ring (bicyclic) bond motifs is 1. The van der Waals surface area contributed by atoms with Crippen LogP contribution in [-0.4, -0.2) is 38.4 Å². The second kappa shape index (κ2) is 6.42. The molecule has 1 unspecified atom stereocenters. The Morgan fingerprint density at radius 2 is 2.09 bits per heavy atom. The first kappa shape index (κ1) is 15.6. The Hall–Kier alpha value is -2.33. The maximum atomic E-state index is 12.3. The summed E-state index contributed by atoms with van der Waals surface area (Å²) in [6.07, 6.45) is 0. The molecule has 1 aromatic carbocycles. The van der Waals surface area contributed by atoms with Gasteiger partial charge in [0.15, 0.2) is 4.34 Å². The minimum Gasteiger partial charge on any atom is -0.363 e. The average molecular weight is 350 g/mol. The third-order valence-electron chi connectivity index (χ3n) is 3.05. The van der Waals surface area contributed by atoms with Gasteiger partial charge in [-0.3, -0.25) is 4.79 Å². The van der Waals surface area contributed by atoms with Gasteiger partial charge in [0.25, 0.3) is 0 Å². The molecule has 0 radical (unpaired) electrons. The number of nitrogens with one attached hydrogen (secondary N) is 4. The van der Waals surface area contributed by atoms with Gasteiger partial charge >= 0.3 is 5.69 Å². The third-order valence-corrected chi connectivity index (χ3v) is 5.18. The van der Waals surface area contributed by atoms with Crippen LogP contribution in [0.1, 0.15) is 6.92 Å². The van der Waals surface area contributed by atoms with Gasteiger partial charge in [-0.25, -0.2) is 4.79 Å². The SMILES string of the molecule is CNc1nnc(SC(C)C(=O)Nc2ccc3[nH]c(=O)[nH]c3c2)s1. The van der Waals surface area contributed by atoms with Crippen molar-refractivity contribution in [1.29, 1.82) is 0 Å². The van der Waals surface area contributed by atoms with Crippen molar-refractivity contribution in [2.24, 2.45) is 0 Å². The Morgan fingerprint density at radius 3 is 2.83 bits per heavy atom. The summed E-state index contributed by atoms with van der Waals surface area (Å²) < 4.78 is 0.724. The number of aromatic nitrogens is 4. The number of H-pyrrole nitrogens is 2. The summed E-state index contributed by atoms with van der Waals surface area (Å²) in [7, 11) is 1.77. The first-order valence-corrected chi connectivity index (χ1v) is 8.45. The summed E-state index contributed by atoms with van der Waals surface area (Å²) in [5.41, 5.74) is 1.70. The van der Waals surface area contributed by atoms with Gasteiger partial charge in [0, 0.05) is 12.7 Å². The number of rotatable bonds is 5. The highest BCUT2D eigenvalue weighted by Gasteiger charge is 2.17. The Balaban J connectivity index is 1.67. The summed E-state index contributed by atoms with van der Waals surface area (Å²) >= 11 is 2.74. The summed E-state index contributed by atoms with van der Waals surface area (Å²) in [6.45, 7) is 1.80. The van der Waals surface area contributed by atoms with Crippen LogP contribution in [0.25, 0.3) is 11.0 Å². The summed E-state index contributed by atoms with van der Waals surface area (Å²) in [5.74, 6) is -0.145. The minimum atomic E-state index is -0.325. The first-order chi connectivity index (χ1) is 11.0. The van der Waals surface area contributed by atoms with E-state index in [9.17, 15) is 9.59 Å². The van der Waals surface area contributed by atoms with Crippen LogP contribution in [-0.2, 0) is 4.79 Å². The molecule has 2 heterocycles. The number of nitrogens with zero attached hydrogens (tertiary/aromatic N) is 2. The molecule has 0 spiro atoms. The zero-order valence-electron chi connectivity index (χ0n) is 12.3. The molecule has 0 saturated heterocycles. The molecule has 3 rings (SSSR count). The fraction of sp³-hybridized carbons (Fsp3) is 0.231. The average Bonchev–Trinajstić information content (AvgIpc) is 3.11. The zero-order chi connectivity index (χ0) is 16.4. The third kappa shape index (κ3) is 3.54. The molecule has 10 heteroatoms. The van der Waals surface area contributed by atoms with Crippen molar-refractivity contribution in [2.45, 2.75) is 16.5 Å². The van der Waals surface area contributed by atoms with Crippen LogP contribution in [0.5, 0.6) is 0 Å². The smallest absolute Gasteiger partial charge is 0.323 e. The van der Waals surface area contributed by atoms with Crippen molar-refractivity contribution >= 4 is 50.9 Å². The predicted octanol–water partition coefficient (Wildman–Crippen LogP) is 1.87. The van der Waals surface area contributed by atoms with Crippen LogP contribution in [0.3, 0.4) is 0 Å². The normalized spacial score (nSPS) is 12.3. The van der Waals surface area contributed by atoms with E-state index in [2.05, 4.69) is 30.8 Å². The molecule has 8 nitrogen and oxygen atoms in total. The van der Waals surface area contributed by atoms with E-state index in [4.69, 9.17) is 0 Å². The number of aromatic amines is 2. The van der Waals surface area contributed by atoms with E-state index < -0.39 is 0 Å². The van der Waals surface area contributed by atoms with Gasteiger partial charge in [-0.05, 0) is 25.1 Å². The van der Waals surface area contributed by atoms with Crippen LogP contribution in [0.2, 0.25) is 0 Å². The van der Waals surface area contributed by atoms with Gasteiger partial charge < -0.3 is 20.6 Å². The van der Waals surface area contributed by atoms with E-state index in [1.165, 1.54) is 23.1 Å². The molecule has 3 aromatic rings. The van der Waals surface area contributed by atoms with Gasteiger partial charge in [0.05, 0.1) is 16.3 Å². The molecule has 1 atom stereocenters. The van der Waals surface area contributed by atoms with E-state index in [0.717, 1.165) is 4.34 Å². The standard InChI is InChI=1S/C13H14N6O2S2/c1-6(22-13-19-18-12(14-2)23-13)10(20)15-7-3-4-8-9(5-7)17-11(21)16-8/h3-6H,1-2H3,(H,14,18)(H,15,20)(H2,16,17,21). The van der Waals surface area contributed by atoms with E-state index in [1.54, 1.807) is 32.2 Å². The summed E-state index contributed by atoms with van der Waals surface area (Å²) in [5, 5.41) is 14.1. The van der Waals surface area contributed by atoms with Gasteiger partial charge in [0.2, 0.25) is 11.0 Å². The Kier molecular flexibility index (Phi) is 4.35. The summed E-state index contributed by atoms with van der Waals surface area (Å²) in [4.78, 5) is 28.8. The number of amides is 1. The van der Waals surface area contributed by atoms with Gasteiger partial charge in [-0.15, -0.1) is 10.2 Å². The molecule has 23 heavy (non-hydrogen) atoms. The molecule has 0 bridgehead atoms. The van der Waals surface area contributed by atoms with Crippen molar-refractivity contribution in [1.82, 2.24) is 20.2 Å². The lowest BCUT2D eigenvalue weighted by molar-refractivity contribution is -0.115. The lowest BCUT2D eigenvalue weighted by atomic mass is 10.2. The quantitative estimate of drug-likeness (QED) is 0.522. The molecule has 0 aliphatic rings. The predicted molar refractivity (Wildman–Crippen MR) is 92.3 cm³/mol. The van der Waals surface area contributed by atoms with Gasteiger partial charge in [-0.1, -0.05) is 23.1 Å². The van der Waals surface area contributed by atoms with E-state index in [0.29, 0.717) is 21.9 Å². The molecule has 4 N–H and O–H groups in total. The van der Waals surface area contributed by atoms with Crippen molar-refractivity contribution in [3.63, 3.8) is 0 Å². The van der Waals surface area contributed by atoms with E-state index in [1.807, 2.05) is 0 Å². The highest BCUT2D eigenvalue weighted by Crippen LogP contribution is 2.29. The van der Waals surface area contributed by atoms with Crippen molar-refractivity contribution in [3.8, 4) is 0 Å². The van der Waals surface area contributed by atoms with Crippen molar-refractivity contribution in [3.05, 3.63) is 28.7 Å².